The number of carbonyl (C=O) groups is 1. The maximum atomic E-state index is 11.7. The van der Waals surface area contributed by atoms with Crippen molar-refractivity contribution in [3.63, 3.8) is 0 Å². The zero-order chi connectivity index (χ0) is 18.2. The van der Waals surface area contributed by atoms with Crippen LogP contribution in [0, 0.1) is 5.41 Å². The predicted octanol–water partition coefficient (Wildman–Crippen LogP) is 4.63. The van der Waals surface area contributed by atoms with Gasteiger partial charge in [-0.25, -0.2) is 9.67 Å². The standard InChI is InChI=1S/C18H19BrN4O2/c1-11(24)16-14(6-5-9-20-16)25-13-8-7-12-17(15(13)19)21-22-23(12)10-18(2,3)4/h5-9H,10H2,1-4H3. The van der Waals surface area contributed by atoms with Gasteiger partial charge in [-0.2, -0.15) is 0 Å². The molecule has 6 nitrogen and oxygen atoms in total. The third kappa shape index (κ3) is 3.71. The second-order valence-electron chi connectivity index (χ2n) is 7.06. The molecule has 0 atom stereocenters. The van der Waals surface area contributed by atoms with Gasteiger partial charge >= 0.3 is 0 Å². The smallest absolute Gasteiger partial charge is 0.181 e. The molecule has 0 saturated carbocycles. The van der Waals surface area contributed by atoms with Gasteiger partial charge in [0.15, 0.2) is 11.5 Å². The Labute approximate surface area is 154 Å². The van der Waals surface area contributed by atoms with Gasteiger partial charge < -0.3 is 4.74 Å². The molecule has 0 saturated heterocycles. The largest absolute Gasteiger partial charge is 0.454 e. The van der Waals surface area contributed by atoms with Crippen molar-refractivity contribution in [1.29, 1.82) is 0 Å². The highest BCUT2D eigenvalue weighted by Crippen LogP contribution is 2.36. The van der Waals surface area contributed by atoms with Crippen LogP contribution in [0.1, 0.15) is 38.2 Å². The highest BCUT2D eigenvalue weighted by atomic mass is 79.9. The van der Waals surface area contributed by atoms with Crippen LogP contribution in [0.3, 0.4) is 0 Å². The predicted molar refractivity (Wildman–Crippen MR) is 99.0 cm³/mol. The SMILES string of the molecule is CC(=O)c1ncccc1Oc1ccc2c(nnn2CC(C)(C)C)c1Br. The van der Waals surface area contributed by atoms with E-state index < -0.39 is 0 Å². The van der Waals surface area contributed by atoms with Gasteiger partial charge in [-0.1, -0.05) is 26.0 Å². The number of hydrogen-bond donors (Lipinski definition) is 0. The molecule has 1 aromatic carbocycles. The molecule has 0 spiro atoms. The van der Waals surface area contributed by atoms with Crippen molar-refractivity contribution >= 4 is 32.7 Å². The van der Waals surface area contributed by atoms with Crippen molar-refractivity contribution in [2.45, 2.75) is 34.2 Å². The van der Waals surface area contributed by atoms with E-state index in [1.807, 2.05) is 16.8 Å². The number of aromatic nitrogens is 4. The minimum Gasteiger partial charge on any atom is -0.454 e. The van der Waals surface area contributed by atoms with Gasteiger partial charge in [0.1, 0.15) is 17.0 Å². The molecule has 3 aromatic rings. The quantitative estimate of drug-likeness (QED) is 0.594. The summed E-state index contributed by atoms with van der Waals surface area (Å²) in [4.78, 5) is 15.8. The number of rotatable bonds is 4. The van der Waals surface area contributed by atoms with Gasteiger partial charge in [-0.05, 0) is 45.6 Å². The van der Waals surface area contributed by atoms with Crippen molar-refractivity contribution in [1.82, 2.24) is 20.0 Å². The summed E-state index contributed by atoms with van der Waals surface area (Å²) in [5.41, 5.74) is 2.03. The number of Topliss-reactive ketones (excluding diaryl/α,β-unsaturated/α-hetero) is 1. The van der Waals surface area contributed by atoms with E-state index in [2.05, 4.69) is 52.0 Å². The molecular formula is C18H19BrN4O2. The summed E-state index contributed by atoms with van der Waals surface area (Å²) in [5, 5.41) is 8.52. The van der Waals surface area contributed by atoms with Crippen LogP contribution < -0.4 is 4.74 Å². The molecule has 0 aliphatic heterocycles. The monoisotopic (exact) mass is 402 g/mol. The summed E-state index contributed by atoms with van der Waals surface area (Å²) < 4.78 is 8.49. The van der Waals surface area contributed by atoms with Crippen LogP contribution in [-0.4, -0.2) is 25.8 Å². The normalized spacial score (nSPS) is 11.7. The Bertz CT molecular complexity index is 944. The number of hydrogen-bond acceptors (Lipinski definition) is 5. The highest BCUT2D eigenvalue weighted by Gasteiger charge is 2.18. The molecule has 2 heterocycles. The summed E-state index contributed by atoms with van der Waals surface area (Å²) in [6, 6.07) is 7.21. The Morgan fingerprint density at radius 2 is 2.00 bits per heavy atom. The van der Waals surface area contributed by atoms with Crippen molar-refractivity contribution < 1.29 is 9.53 Å². The highest BCUT2D eigenvalue weighted by molar-refractivity contribution is 9.10. The van der Waals surface area contributed by atoms with Gasteiger partial charge in [0.25, 0.3) is 0 Å². The molecule has 130 valence electrons. The molecule has 0 bridgehead atoms. The van der Waals surface area contributed by atoms with Crippen molar-refractivity contribution in [2.75, 3.05) is 0 Å². The van der Waals surface area contributed by atoms with E-state index in [9.17, 15) is 4.79 Å². The average Bonchev–Trinajstić information content (AvgIpc) is 2.92. The number of benzene rings is 1. The first-order chi connectivity index (χ1) is 11.8. The fraction of sp³-hybridized carbons (Fsp3) is 0.333. The van der Waals surface area contributed by atoms with Crippen LogP contribution in [0.4, 0.5) is 0 Å². The third-order valence-electron chi connectivity index (χ3n) is 3.54. The average molecular weight is 403 g/mol. The van der Waals surface area contributed by atoms with E-state index in [-0.39, 0.29) is 11.2 Å². The zero-order valence-electron chi connectivity index (χ0n) is 14.6. The van der Waals surface area contributed by atoms with Gasteiger partial charge in [0, 0.05) is 19.7 Å². The number of fused-ring (bicyclic) bond motifs is 1. The Balaban J connectivity index is 2.00. The van der Waals surface area contributed by atoms with E-state index in [0.717, 1.165) is 17.6 Å². The zero-order valence-corrected chi connectivity index (χ0v) is 16.2. The van der Waals surface area contributed by atoms with E-state index in [1.54, 1.807) is 18.3 Å². The summed E-state index contributed by atoms with van der Waals surface area (Å²) >= 11 is 3.55. The molecular weight excluding hydrogens is 384 g/mol. The lowest BCUT2D eigenvalue weighted by Gasteiger charge is -2.18. The maximum absolute atomic E-state index is 11.7. The number of pyridine rings is 1. The second kappa shape index (κ2) is 6.55. The Morgan fingerprint density at radius 3 is 2.68 bits per heavy atom. The first-order valence-electron chi connectivity index (χ1n) is 7.92. The molecule has 0 unspecified atom stereocenters. The summed E-state index contributed by atoms with van der Waals surface area (Å²) in [6.45, 7) is 8.68. The molecule has 0 radical (unpaired) electrons. The fourth-order valence-electron chi connectivity index (χ4n) is 2.49. The lowest BCUT2D eigenvalue weighted by atomic mass is 9.97. The van der Waals surface area contributed by atoms with Gasteiger partial charge in [0.2, 0.25) is 0 Å². The molecule has 0 fully saturated rings. The minimum absolute atomic E-state index is 0.0916. The van der Waals surface area contributed by atoms with E-state index in [4.69, 9.17) is 4.74 Å². The van der Waals surface area contributed by atoms with Crippen LogP contribution in [0.5, 0.6) is 11.5 Å². The molecule has 0 aliphatic carbocycles. The molecule has 25 heavy (non-hydrogen) atoms. The lowest BCUT2D eigenvalue weighted by Crippen LogP contribution is -2.16. The van der Waals surface area contributed by atoms with Crippen LogP contribution in [0.2, 0.25) is 0 Å². The Hall–Kier alpha value is -2.28. The molecule has 3 rings (SSSR count). The first-order valence-corrected chi connectivity index (χ1v) is 8.71. The fourth-order valence-corrected chi connectivity index (χ4v) is 2.98. The third-order valence-corrected chi connectivity index (χ3v) is 4.30. The van der Waals surface area contributed by atoms with Crippen LogP contribution in [0.15, 0.2) is 34.9 Å². The molecule has 0 N–H and O–H groups in total. The molecule has 0 aliphatic rings. The number of carbonyl (C=O) groups excluding carboxylic acids is 1. The number of ether oxygens (including phenoxy) is 1. The number of halogens is 1. The summed E-state index contributed by atoms with van der Waals surface area (Å²) in [6.07, 6.45) is 1.57. The Kier molecular flexibility index (Phi) is 4.60. The second-order valence-corrected chi connectivity index (χ2v) is 7.85. The first kappa shape index (κ1) is 17.5. The molecule has 7 heteroatoms. The lowest BCUT2D eigenvalue weighted by molar-refractivity contribution is 0.101. The van der Waals surface area contributed by atoms with Crippen molar-refractivity contribution in [2.24, 2.45) is 5.41 Å². The van der Waals surface area contributed by atoms with Gasteiger partial charge in [-0.15, -0.1) is 5.10 Å². The maximum Gasteiger partial charge on any atom is 0.181 e. The van der Waals surface area contributed by atoms with Crippen LogP contribution in [0.25, 0.3) is 11.0 Å². The van der Waals surface area contributed by atoms with Crippen LogP contribution in [-0.2, 0) is 6.54 Å². The number of ketones is 1. The molecule has 2 aromatic heterocycles. The minimum atomic E-state index is -0.149. The van der Waals surface area contributed by atoms with Gasteiger partial charge in [-0.3, -0.25) is 4.79 Å². The molecule has 0 amide bonds. The van der Waals surface area contributed by atoms with Gasteiger partial charge in [0.05, 0.1) is 9.99 Å². The van der Waals surface area contributed by atoms with Crippen molar-refractivity contribution in [3.8, 4) is 11.5 Å². The van der Waals surface area contributed by atoms with E-state index >= 15 is 0 Å². The Morgan fingerprint density at radius 1 is 1.24 bits per heavy atom. The number of nitrogens with zero attached hydrogens (tertiary/aromatic N) is 4. The summed E-state index contributed by atoms with van der Waals surface area (Å²) in [7, 11) is 0. The van der Waals surface area contributed by atoms with E-state index in [0.29, 0.717) is 21.7 Å². The summed E-state index contributed by atoms with van der Waals surface area (Å²) in [5.74, 6) is 0.826. The topological polar surface area (TPSA) is 69.9 Å². The van der Waals surface area contributed by atoms with E-state index in [1.165, 1.54) is 6.92 Å². The van der Waals surface area contributed by atoms with Crippen LogP contribution >= 0.6 is 15.9 Å². The van der Waals surface area contributed by atoms with Crippen molar-refractivity contribution in [3.05, 3.63) is 40.6 Å².